The Morgan fingerprint density at radius 3 is 2.57 bits per heavy atom. The van der Waals surface area contributed by atoms with Crippen LogP contribution in [0.2, 0.25) is 0 Å². The number of benzene rings is 1. The highest BCUT2D eigenvalue weighted by molar-refractivity contribution is 7.92. The van der Waals surface area contributed by atoms with Crippen molar-refractivity contribution in [2.45, 2.75) is 31.1 Å². The minimum Gasteiger partial charge on any atom is -0.309 e. The van der Waals surface area contributed by atoms with E-state index < -0.39 is 14.6 Å². The van der Waals surface area contributed by atoms with E-state index in [-0.39, 0.29) is 6.04 Å². The highest BCUT2D eigenvalue weighted by Gasteiger charge is 2.33. The van der Waals surface area contributed by atoms with Gasteiger partial charge in [0.25, 0.3) is 0 Å². The van der Waals surface area contributed by atoms with Crippen molar-refractivity contribution >= 4 is 9.84 Å². The van der Waals surface area contributed by atoms with Crippen LogP contribution in [0.5, 0.6) is 0 Å². The molecular weight excluding hydrogens is 284 g/mol. The third-order valence-corrected chi connectivity index (χ3v) is 6.43. The lowest BCUT2D eigenvalue weighted by Crippen LogP contribution is -2.45. The van der Waals surface area contributed by atoms with Gasteiger partial charge in [0.2, 0.25) is 0 Å². The van der Waals surface area contributed by atoms with Crippen LogP contribution in [0.1, 0.15) is 31.9 Å². The van der Waals surface area contributed by atoms with Gasteiger partial charge in [-0.15, -0.1) is 0 Å². The molecule has 5 heteroatoms. The largest absolute Gasteiger partial charge is 0.309 e. The zero-order valence-electron chi connectivity index (χ0n) is 13.2. The molecule has 0 bridgehead atoms. The first-order valence-electron chi connectivity index (χ1n) is 7.50. The summed E-state index contributed by atoms with van der Waals surface area (Å²) in [5.41, 5.74) is 1.27. The van der Waals surface area contributed by atoms with Gasteiger partial charge in [-0.1, -0.05) is 30.3 Å². The summed E-state index contributed by atoms with van der Waals surface area (Å²) >= 11 is 0. The Bertz CT molecular complexity index is 555. The number of nitrogens with one attached hydrogen (secondary N) is 1. The standard InChI is InChI=1S/C16H26N2O2S/c1-16(2,21(3,19)20)13-18-11-7-10-17-15(12-18)14-8-5-4-6-9-14/h4-6,8-9,15,17H,7,10-13H2,1-3H3. The predicted octanol–water partition coefficient (Wildman–Crippen LogP) is 1.85. The van der Waals surface area contributed by atoms with Crippen LogP contribution in [0.25, 0.3) is 0 Å². The van der Waals surface area contributed by atoms with Gasteiger partial charge in [0.15, 0.2) is 9.84 Å². The molecule has 0 radical (unpaired) electrons. The first-order chi connectivity index (χ1) is 9.79. The van der Waals surface area contributed by atoms with E-state index in [1.807, 2.05) is 32.0 Å². The molecule has 1 heterocycles. The lowest BCUT2D eigenvalue weighted by atomic mass is 10.1. The van der Waals surface area contributed by atoms with Gasteiger partial charge in [-0.2, -0.15) is 0 Å². The highest BCUT2D eigenvalue weighted by Crippen LogP contribution is 2.21. The lowest BCUT2D eigenvalue weighted by molar-refractivity contribution is 0.247. The van der Waals surface area contributed by atoms with Crippen molar-refractivity contribution in [3.63, 3.8) is 0 Å². The summed E-state index contributed by atoms with van der Waals surface area (Å²) in [6.07, 6.45) is 2.38. The Morgan fingerprint density at radius 2 is 1.95 bits per heavy atom. The van der Waals surface area contributed by atoms with E-state index >= 15 is 0 Å². The number of nitrogens with zero attached hydrogens (tertiary/aromatic N) is 1. The number of hydrogen-bond donors (Lipinski definition) is 1. The predicted molar refractivity (Wildman–Crippen MR) is 87.2 cm³/mol. The second-order valence-corrected chi connectivity index (χ2v) is 9.19. The molecule has 0 saturated carbocycles. The van der Waals surface area contributed by atoms with Crippen LogP contribution in [0.4, 0.5) is 0 Å². The van der Waals surface area contributed by atoms with Crippen LogP contribution in [0.15, 0.2) is 30.3 Å². The van der Waals surface area contributed by atoms with Gasteiger partial charge < -0.3 is 5.32 Å². The zero-order chi connectivity index (χ0) is 15.5. The second kappa shape index (κ2) is 6.46. The SMILES string of the molecule is CC(C)(CN1CCCNC(c2ccccc2)C1)S(C)(=O)=O. The zero-order valence-corrected chi connectivity index (χ0v) is 14.0. The number of sulfone groups is 1. The molecule has 0 aliphatic carbocycles. The fourth-order valence-electron chi connectivity index (χ4n) is 2.70. The average molecular weight is 310 g/mol. The van der Waals surface area contributed by atoms with E-state index in [1.165, 1.54) is 11.8 Å². The summed E-state index contributed by atoms with van der Waals surface area (Å²) in [5.74, 6) is 0. The quantitative estimate of drug-likeness (QED) is 0.922. The summed E-state index contributed by atoms with van der Waals surface area (Å²) in [7, 11) is -3.06. The number of hydrogen-bond acceptors (Lipinski definition) is 4. The fourth-order valence-corrected chi connectivity index (χ4v) is 3.12. The first kappa shape index (κ1) is 16.5. The van der Waals surface area contributed by atoms with Crippen molar-refractivity contribution in [3.8, 4) is 0 Å². The molecular formula is C16H26N2O2S. The summed E-state index contributed by atoms with van der Waals surface area (Å²) in [6.45, 7) is 6.97. The maximum Gasteiger partial charge on any atom is 0.153 e. The second-order valence-electron chi connectivity index (χ2n) is 6.54. The molecule has 1 N–H and O–H groups in total. The average Bonchev–Trinajstić information content (AvgIpc) is 2.63. The van der Waals surface area contributed by atoms with Crippen LogP contribution < -0.4 is 5.32 Å². The normalized spacial score (nSPS) is 22.0. The Kier molecular flexibility index (Phi) is 5.07. The Balaban J connectivity index is 2.11. The van der Waals surface area contributed by atoms with Crippen LogP contribution in [0, 0.1) is 0 Å². The monoisotopic (exact) mass is 310 g/mol. The van der Waals surface area contributed by atoms with E-state index in [4.69, 9.17) is 0 Å². The molecule has 1 aliphatic rings. The molecule has 1 saturated heterocycles. The smallest absolute Gasteiger partial charge is 0.153 e. The Hall–Kier alpha value is -0.910. The van der Waals surface area contributed by atoms with Gasteiger partial charge in [-0.25, -0.2) is 8.42 Å². The van der Waals surface area contributed by atoms with Gasteiger partial charge in [0.05, 0.1) is 4.75 Å². The molecule has 21 heavy (non-hydrogen) atoms. The summed E-state index contributed by atoms with van der Waals surface area (Å²) in [6, 6.07) is 10.6. The third-order valence-electron chi connectivity index (χ3n) is 4.29. The summed E-state index contributed by atoms with van der Waals surface area (Å²) in [4.78, 5) is 2.28. The third kappa shape index (κ3) is 4.28. The van der Waals surface area contributed by atoms with E-state index in [9.17, 15) is 8.42 Å². The maximum atomic E-state index is 11.9. The molecule has 2 rings (SSSR count). The van der Waals surface area contributed by atoms with Crippen LogP contribution >= 0.6 is 0 Å². The van der Waals surface area contributed by atoms with Crippen molar-refractivity contribution in [1.29, 1.82) is 0 Å². The topological polar surface area (TPSA) is 49.4 Å². The molecule has 0 aromatic heterocycles. The van der Waals surface area contributed by atoms with Gasteiger partial charge in [0, 0.05) is 25.4 Å². The molecule has 118 valence electrons. The molecule has 1 aromatic rings. The molecule has 4 nitrogen and oxygen atoms in total. The Labute approximate surface area is 128 Å². The molecule has 1 aliphatic heterocycles. The van der Waals surface area contributed by atoms with Gasteiger partial charge in [-0.05, 0) is 38.9 Å². The summed E-state index contributed by atoms with van der Waals surface area (Å²) in [5, 5.41) is 3.56. The summed E-state index contributed by atoms with van der Waals surface area (Å²) < 4.78 is 23.1. The van der Waals surface area contributed by atoms with Gasteiger partial charge >= 0.3 is 0 Å². The van der Waals surface area contributed by atoms with Crippen molar-refractivity contribution in [1.82, 2.24) is 10.2 Å². The number of rotatable bonds is 4. The van der Waals surface area contributed by atoms with Crippen LogP contribution in [-0.2, 0) is 9.84 Å². The van der Waals surface area contributed by atoms with Crippen molar-refractivity contribution in [2.75, 3.05) is 32.4 Å². The molecule has 1 aromatic carbocycles. The molecule has 1 unspecified atom stereocenters. The van der Waals surface area contributed by atoms with E-state index in [2.05, 4.69) is 22.3 Å². The highest BCUT2D eigenvalue weighted by atomic mass is 32.2. The van der Waals surface area contributed by atoms with Gasteiger partial charge in [-0.3, -0.25) is 4.90 Å². The molecule has 1 atom stereocenters. The van der Waals surface area contributed by atoms with Crippen LogP contribution in [-0.4, -0.2) is 50.5 Å². The molecule has 0 spiro atoms. The first-order valence-corrected chi connectivity index (χ1v) is 9.39. The van der Waals surface area contributed by atoms with Crippen molar-refractivity contribution in [2.24, 2.45) is 0 Å². The van der Waals surface area contributed by atoms with E-state index in [0.29, 0.717) is 6.54 Å². The maximum absolute atomic E-state index is 11.9. The van der Waals surface area contributed by atoms with Crippen LogP contribution in [0.3, 0.4) is 0 Å². The molecule has 0 amide bonds. The fraction of sp³-hybridized carbons (Fsp3) is 0.625. The lowest BCUT2D eigenvalue weighted by Gasteiger charge is -2.32. The Morgan fingerprint density at radius 1 is 1.29 bits per heavy atom. The minimum atomic E-state index is -3.06. The van der Waals surface area contributed by atoms with E-state index in [1.54, 1.807) is 0 Å². The van der Waals surface area contributed by atoms with E-state index in [0.717, 1.165) is 26.1 Å². The minimum absolute atomic E-state index is 0.268. The van der Waals surface area contributed by atoms with Crippen molar-refractivity contribution < 1.29 is 8.42 Å². The molecule has 1 fully saturated rings. The van der Waals surface area contributed by atoms with Gasteiger partial charge in [0.1, 0.15) is 0 Å². The van der Waals surface area contributed by atoms with Crippen molar-refractivity contribution in [3.05, 3.63) is 35.9 Å².